The van der Waals surface area contributed by atoms with E-state index in [-0.39, 0.29) is 57.0 Å². The molecule has 1 N–H and O–H groups in total. The number of hydrogen-bond acceptors (Lipinski definition) is 10. The van der Waals surface area contributed by atoms with Gasteiger partial charge in [0.2, 0.25) is 5.91 Å². The highest BCUT2D eigenvalue weighted by Gasteiger charge is 2.36. The van der Waals surface area contributed by atoms with Crippen molar-refractivity contribution in [2.24, 2.45) is 0 Å². The van der Waals surface area contributed by atoms with Crippen LogP contribution in [-0.4, -0.2) is 88.3 Å². The third-order valence-electron chi connectivity index (χ3n) is 5.96. The molecule has 12 nitrogen and oxygen atoms in total. The van der Waals surface area contributed by atoms with Gasteiger partial charge in [0, 0.05) is 31.1 Å². The zero-order valence-electron chi connectivity index (χ0n) is 24.3. The second kappa shape index (κ2) is 14.3. The predicted molar refractivity (Wildman–Crippen MR) is 145 cm³/mol. The van der Waals surface area contributed by atoms with Crippen molar-refractivity contribution in [3.63, 3.8) is 0 Å². The Hall–Kier alpha value is -4.27. The molecule has 0 saturated carbocycles. The van der Waals surface area contributed by atoms with E-state index in [2.05, 4.69) is 15.3 Å². The molecule has 0 bridgehead atoms. The number of nitrogens with one attached hydrogen (secondary N) is 1. The Morgan fingerprint density at radius 2 is 1.65 bits per heavy atom. The molecule has 1 saturated heterocycles. The van der Waals surface area contributed by atoms with E-state index in [1.54, 1.807) is 45.9 Å². The number of aromatic nitrogens is 2. The highest BCUT2D eigenvalue weighted by molar-refractivity contribution is 5.96. The zero-order chi connectivity index (χ0) is 31.8. The van der Waals surface area contributed by atoms with Gasteiger partial charge in [-0.15, -0.1) is 5.06 Å². The fourth-order valence-corrected chi connectivity index (χ4v) is 4.04. The highest BCUT2D eigenvalue weighted by atomic mass is 19.4. The zero-order valence-corrected chi connectivity index (χ0v) is 24.3. The van der Waals surface area contributed by atoms with Crippen molar-refractivity contribution in [3.05, 3.63) is 47.8 Å². The van der Waals surface area contributed by atoms with E-state index >= 15 is 0 Å². The van der Waals surface area contributed by atoms with E-state index in [1.165, 1.54) is 22.1 Å². The maximum Gasteiger partial charge on any atom is 0.527 e. The van der Waals surface area contributed by atoms with E-state index in [4.69, 9.17) is 14.3 Å². The topological polar surface area (TPSA) is 140 Å². The molecule has 1 aromatic heterocycles. The van der Waals surface area contributed by atoms with Crippen LogP contribution in [0.2, 0.25) is 0 Å². The summed E-state index contributed by atoms with van der Waals surface area (Å²) in [4.78, 5) is 64.8. The maximum atomic E-state index is 13.7. The van der Waals surface area contributed by atoms with Gasteiger partial charge in [0.15, 0.2) is 5.82 Å². The first kappa shape index (κ1) is 33.2. The lowest BCUT2D eigenvalue weighted by Crippen LogP contribution is -2.55. The fraction of sp³-hybridized carbons (Fsp3) is 0.500. The smallest absolute Gasteiger partial charge is 0.460 e. The summed E-state index contributed by atoms with van der Waals surface area (Å²) in [5.74, 6) is -2.59. The molecule has 0 unspecified atom stereocenters. The van der Waals surface area contributed by atoms with Crippen LogP contribution in [0.1, 0.15) is 56.7 Å². The lowest BCUT2D eigenvalue weighted by Gasteiger charge is -2.35. The Labute approximate surface area is 246 Å². The van der Waals surface area contributed by atoms with Gasteiger partial charge in [-0.05, 0) is 34.1 Å². The van der Waals surface area contributed by atoms with Crippen molar-refractivity contribution >= 4 is 23.9 Å². The van der Waals surface area contributed by atoms with Gasteiger partial charge in [-0.2, -0.15) is 13.2 Å². The lowest BCUT2D eigenvalue weighted by molar-refractivity contribution is -0.158. The summed E-state index contributed by atoms with van der Waals surface area (Å²) >= 11 is 0. The molecule has 1 fully saturated rings. The first-order valence-corrected chi connectivity index (χ1v) is 13.6. The summed E-state index contributed by atoms with van der Waals surface area (Å²) in [7, 11) is 0. The molecule has 1 aromatic carbocycles. The minimum atomic E-state index is -4.88. The van der Waals surface area contributed by atoms with Gasteiger partial charge in [-0.1, -0.05) is 30.3 Å². The van der Waals surface area contributed by atoms with E-state index in [0.29, 0.717) is 6.07 Å². The molecule has 1 aliphatic heterocycles. The number of halogens is 3. The number of alkyl halides is 3. The largest absolute Gasteiger partial charge is 0.527 e. The second-order valence-electron chi connectivity index (χ2n) is 10.5. The molecule has 0 spiro atoms. The van der Waals surface area contributed by atoms with Crippen LogP contribution >= 0.6 is 0 Å². The summed E-state index contributed by atoms with van der Waals surface area (Å²) in [5, 5.41) is 3.77. The van der Waals surface area contributed by atoms with Gasteiger partial charge >= 0.3 is 18.3 Å². The molecule has 43 heavy (non-hydrogen) atoms. The third-order valence-corrected chi connectivity index (χ3v) is 5.96. The van der Waals surface area contributed by atoms with Crippen LogP contribution in [-0.2, 0) is 30.1 Å². The number of hydrogen-bond donors (Lipinski definition) is 1. The van der Waals surface area contributed by atoms with Crippen molar-refractivity contribution in [2.45, 2.75) is 58.4 Å². The first-order chi connectivity index (χ1) is 20.2. The Morgan fingerprint density at radius 1 is 1.00 bits per heavy atom. The Bertz CT molecular complexity index is 1290. The average Bonchev–Trinajstić information content (AvgIpc) is 2.94. The van der Waals surface area contributed by atoms with Crippen molar-refractivity contribution in [3.8, 4) is 11.4 Å². The van der Waals surface area contributed by atoms with Crippen molar-refractivity contribution < 1.29 is 46.7 Å². The summed E-state index contributed by atoms with van der Waals surface area (Å²) in [6, 6.07) is 7.02. The predicted octanol–water partition coefficient (Wildman–Crippen LogP) is 3.62. The minimum Gasteiger partial charge on any atom is -0.460 e. The third kappa shape index (κ3) is 10.2. The number of nitrogens with zero attached hydrogens (tertiary/aromatic N) is 4. The normalized spacial score (nSPS) is 14.9. The van der Waals surface area contributed by atoms with Crippen LogP contribution in [0.3, 0.4) is 0 Å². The molecule has 0 radical (unpaired) electrons. The Balaban J connectivity index is 1.82. The van der Waals surface area contributed by atoms with Gasteiger partial charge in [0.25, 0.3) is 5.91 Å². The molecule has 0 aliphatic carbocycles. The Morgan fingerprint density at radius 3 is 2.23 bits per heavy atom. The van der Waals surface area contributed by atoms with Gasteiger partial charge in [0.05, 0.1) is 19.7 Å². The standard InChI is InChI=1S/C28H34F3N5O7/c1-5-41-26(40)43-36-15-13-35(14-16-36)25(39)19(11-12-22(37)42-27(2,3)4)33-24(38)20-17-21(28(29,30)31)34-23(32-20)18-9-7-6-8-10-18/h6-10,17,19H,5,11-16H2,1-4H3,(H,33,38)/t19-/m0/s1. The van der Waals surface area contributed by atoms with E-state index in [1.807, 2.05) is 0 Å². The summed E-state index contributed by atoms with van der Waals surface area (Å²) in [5.41, 5.74) is -2.48. The minimum absolute atomic E-state index is 0.0981. The highest BCUT2D eigenvalue weighted by Crippen LogP contribution is 2.29. The molecule has 15 heteroatoms. The van der Waals surface area contributed by atoms with E-state index in [0.717, 1.165) is 0 Å². The molecule has 1 atom stereocenters. The SMILES string of the molecule is CCOC(=O)ON1CCN(C(=O)[C@H](CCC(=O)OC(C)(C)C)NC(=O)c2cc(C(F)(F)F)nc(-c3ccccc3)n2)CC1. The fourth-order valence-electron chi connectivity index (χ4n) is 4.04. The number of carbonyl (C=O) groups excluding carboxylic acids is 4. The monoisotopic (exact) mass is 609 g/mol. The molecule has 2 heterocycles. The van der Waals surface area contributed by atoms with Crippen LogP contribution in [0.15, 0.2) is 36.4 Å². The number of rotatable bonds is 9. The quantitative estimate of drug-likeness (QED) is 0.419. The van der Waals surface area contributed by atoms with Gasteiger partial charge < -0.3 is 24.5 Å². The Kier molecular flexibility index (Phi) is 11.0. The first-order valence-electron chi connectivity index (χ1n) is 13.6. The summed E-state index contributed by atoms with van der Waals surface area (Å²) in [6.45, 7) is 7.23. The van der Waals surface area contributed by atoms with Crippen LogP contribution in [0.5, 0.6) is 0 Å². The van der Waals surface area contributed by atoms with Crippen molar-refractivity contribution in [2.75, 3.05) is 32.8 Å². The number of benzene rings is 1. The number of piperazine rings is 1. The van der Waals surface area contributed by atoms with E-state index in [9.17, 15) is 32.3 Å². The van der Waals surface area contributed by atoms with Gasteiger partial charge in [-0.3, -0.25) is 14.4 Å². The lowest BCUT2D eigenvalue weighted by atomic mass is 10.1. The maximum absolute atomic E-state index is 13.7. The van der Waals surface area contributed by atoms with Crippen LogP contribution in [0.4, 0.5) is 18.0 Å². The molecule has 2 aromatic rings. The van der Waals surface area contributed by atoms with Gasteiger partial charge in [-0.25, -0.2) is 14.8 Å². The molecule has 1 aliphatic rings. The van der Waals surface area contributed by atoms with Crippen LogP contribution < -0.4 is 5.32 Å². The van der Waals surface area contributed by atoms with E-state index < -0.39 is 53.1 Å². The van der Waals surface area contributed by atoms with Crippen molar-refractivity contribution in [1.82, 2.24) is 25.2 Å². The van der Waals surface area contributed by atoms with Crippen LogP contribution in [0, 0.1) is 0 Å². The van der Waals surface area contributed by atoms with Crippen LogP contribution in [0.25, 0.3) is 11.4 Å². The number of amides is 2. The average molecular weight is 610 g/mol. The molecule has 2 amide bonds. The number of ether oxygens (including phenoxy) is 2. The molecular weight excluding hydrogens is 575 g/mol. The number of carbonyl (C=O) groups is 4. The number of hydroxylamine groups is 2. The molecule has 3 rings (SSSR count). The molecular formula is C28H34F3N5O7. The number of esters is 1. The second-order valence-corrected chi connectivity index (χ2v) is 10.5. The van der Waals surface area contributed by atoms with Crippen molar-refractivity contribution in [1.29, 1.82) is 0 Å². The molecule has 234 valence electrons. The van der Waals surface area contributed by atoms with Gasteiger partial charge in [0.1, 0.15) is 23.0 Å². The summed E-state index contributed by atoms with van der Waals surface area (Å²) in [6.07, 6.45) is -6.21. The summed E-state index contributed by atoms with van der Waals surface area (Å²) < 4.78 is 51.1.